The minimum absolute atomic E-state index is 0.343. The van der Waals surface area contributed by atoms with Crippen molar-refractivity contribution in [3.05, 3.63) is 94.2 Å². The van der Waals surface area contributed by atoms with Crippen molar-refractivity contribution in [3.8, 4) is 33.8 Å². The van der Waals surface area contributed by atoms with Gasteiger partial charge in [-0.05, 0) is 84.9 Å². The van der Waals surface area contributed by atoms with Gasteiger partial charge in [0.2, 0.25) is 4.77 Å². The highest BCUT2D eigenvalue weighted by atomic mass is 35.5. The number of nitrogens with zero attached hydrogens (tertiary/aromatic N) is 3. The van der Waals surface area contributed by atoms with Crippen LogP contribution in [0.1, 0.15) is 5.56 Å². The van der Waals surface area contributed by atoms with Gasteiger partial charge in [-0.15, -0.1) is 0 Å². The van der Waals surface area contributed by atoms with E-state index in [1.807, 2.05) is 85.8 Å². The fourth-order valence-corrected chi connectivity index (χ4v) is 4.35. The molecule has 0 radical (unpaired) electrons. The first-order valence-electron chi connectivity index (χ1n) is 10.7. The van der Waals surface area contributed by atoms with Crippen LogP contribution in [0.25, 0.3) is 39.1 Å². The molecule has 168 valence electrons. The fourth-order valence-electron chi connectivity index (χ4n) is 3.93. The number of halogens is 1. The fraction of sp³-hybridized carbons (Fsp3) is 0.0741. The third-order valence-corrected chi connectivity index (χ3v) is 6.25. The van der Waals surface area contributed by atoms with E-state index in [-0.39, 0.29) is 0 Å². The zero-order chi connectivity index (χ0) is 23.8. The molecule has 34 heavy (non-hydrogen) atoms. The van der Waals surface area contributed by atoms with Crippen molar-refractivity contribution in [2.24, 2.45) is 0 Å². The molecule has 5 rings (SSSR count). The van der Waals surface area contributed by atoms with Crippen molar-refractivity contribution in [2.45, 2.75) is 6.92 Å². The van der Waals surface area contributed by atoms with E-state index in [0.717, 1.165) is 44.8 Å². The second kappa shape index (κ2) is 8.89. The number of hydrogen-bond acceptors (Lipinski definition) is 5. The molecule has 0 atom stereocenters. The molecule has 2 N–H and O–H groups in total. The standard InChI is InChI=1S/C27H21ClN4OS/c1-16-3-11-20(12-4-16)32-25(29)24-22(17-5-9-19(28)10-6-17)15-23(30-26(24)31-27(32)34)18-7-13-21(33-2)14-8-18/h3-15H,29H2,1-2H3. The molecule has 2 aromatic heterocycles. The molecular weight excluding hydrogens is 464 g/mol. The smallest absolute Gasteiger partial charge is 0.207 e. The maximum atomic E-state index is 6.76. The molecule has 0 spiro atoms. The molecule has 0 amide bonds. The van der Waals surface area contributed by atoms with E-state index in [1.54, 1.807) is 11.7 Å². The lowest BCUT2D eigenvalue weighted by atomic mass is 9.99. The Morgan fingerprint density at radius 3 is 2.18 bits per heavy atom. The monoisotopic (exact) mass is 484 g/mol. The van der Waals surface area contributed by atoms with Crippen molar-refractivity contribution < 1.29 is 4.74 Å². The highest BCUT2D eigenvalue weighted by molar-refractivity contribution is 7.71. The quantitative estimate of drug-likeness (QED) is 0.277. The van der Waals surface area contributed by atoms with Crippen molar-refractivity contribution in [1.29, 1.82) is 0 Å². The van der Waals surface area contributed by atoms with Gasteiger partial charge in [0.25, 0.3) is 0 Å². The lowest BCUT2D eigenvalue weighted by Gasteiger charge is -2.17. The average molecular weight is 485 g/mol. The molecule has 2 heterocycles. The SMILES string of the molecule is COc1ccc(-c2cc(-c3ccc(Cl)cc3)c3c(N)n(-c4ccc(C)cc4)c(=S)nc3n2)cc1. The van der Waals surface area contributed by atoms with Crippen LogP contribution >= 0.6 is 23.8 Å². The molecule has 7 heteroatoms. The van der Waals surface area contributed by atoms with Gasteiger partial charge in [-0.1, -0.05) is 41.4 Å². The number of benzene rings is 3. The van der Waals surface area contributed by atoms with E-state index < -0.39 is 0 Å². The second-order valence-corrected chi connectivity index (χ2v) is 8.74. The molecule has 0 unspecified atom stereocenters. The maximum Gasteiger partial charge on any atom is 0.207 e. The van der Waals surface area contributed by atoms with Gasteiger partial charge in [0.15, 0.2) is 5.65 Å². The first-order valence-corrected chi connectivity index (χ1v) is 11.4. The average Bonchev–Trinajstić information content (AvgIpc) is 2.85. The van der Waals surface area contributed by atoms with E-state index in [1.165, 1.54) is 0 Å². The van der Waals surface area contributed by atoms with Gasteiger partial charge in [-0.2, -0.15) is 4.98 Å². The number of aryl methyl sites for hydroxylation is 1. The molecule has 3 aromatic carbocycles. The first-order chi connectivity index (χ1) is 16.4. The van der Waals surface area contributed by atoms with Gasteiger partial charge in [-0.3, -0.25) is 4.57 Å². The number of anilines is 1. The summed E-state index contributed by atoms with van der Waals surface area (Å²) in [6, 6.07) is 25.4. The molecule has 0 saturated heterocycles. The Kier molecular flexibility index (Phi) is 5.77. The lowest BCUT2D eigenvalue weighted by Crippen LogP contribution is -2.09. The van der Waals surface area contributed by atoms with E-state index in [9.17, 15) is 0 Å². The van der Waals surface area contributed by atoms with Crippen LogP contribution in [0.4, 0.5) is 5.82 Å². The Morgan fingerprint density at radius 1 is 0.882 bits per heavy atom. The van der Waals surface area contributed by atoms with E-state index >= 15 is 0 Å². The van der Waals surface area contributed by atoms with Crippen LogP contribution in [-0.4, -0.2) is 21.6 Å². The van der Waals surface area contributed by atoms with Crippen molar-refractivity contribution in [2.75, 3.05) is 12.8 Å². The molecule has 0 aliphatic carbocycles. The minimum Gasteiger partial charge on any atom is -0.497 e. The third-order valence-electron chi connectivity index (χ3n) is 5.72. The van der Waals surface area contributed by atoms with Crippen LogP contribution in [0.2, 0.25) is 5.02 Å². The summed E-state index contributed by atoms with van der Waals surface area (Å²) in [4.78, 5) is 9.53. The van der Waals surface area contributed by atoms with E-state index in [4.69, 9.17) is 44.3 Å². The summed E-state index contributed by atoms with van der Waals surface area (Å²) in [5.41, 5.74) is 12.8. The van der Waals surface area contributed by atoms with Gasteiger partial charge in [0.05, 0.1) is 18.2 Å². The summed E-state index contributed by atoms with van der Waals surface area (Å²) in [6.45, 7) is 2.04. The lowest BCUT2D eigenvalue weighted by molar-refractivity contribution is 0.415. The number of nitrogens with two attached hydrogens (primary N) is 1. The van der Waals surface area contributed by atoms with Crippen LogP contribution < -0.4 is 10.5 Å². The zero-order valence-electron chi connectivity index (χ0n) is 18.6. The summed E-state index contributed by atoms with van der Waals surface area (Å²) in [7, 11) is 1.64. The summed E-state index contributed by atoms with van der Waals surface area (Å²) < 4.78 is 7.42. The predicted octanol–water partition coefficient (Wildman–Crippen LogP) is 7.04. The number of hydrogen-bond donors (Lipinski definition) is 1. The molecule has 0 bridgehead atoms. The van der Waals surface area contributed by atoms with E-state index in [0.29, 0.717) is 21.3 Å². The summed E-state index contributed by atoms with van der Waals surface area (Å²) in [6.07, 6.45) is 0. The van der Waals surface area contributed by atoms with Gasteiger partial charge in [0.1, 0.15) is 11.6 Å². The minimum atomic E-state index is 0.343. The van der Waals surface area contributed by atoms with Crippen molar-refractivity contribution >= 4 is 40.7 Å². The van der Waals surface area contributed by atoms with Gasteiger partial charge < -0.3 is 10.5 Å². The molecule has 0 aliphatic heterocycles. The number of fused-ring (bicyclic) bond motifs is 1. The normalized spacial score (nSPS) is 11.0. The number of nitrogen functional groups attached to an aromatic ring is 1. The Bertz CT molecular complexity index is 1560. The first kappa shape index (κ1) is 22.1. The number of pyridine rings is 1. The van der Waals surface area contributed by atoms with E-state index in [2.05, 4.69) is 0 Å². The molecule has 0 aliphatic rings. The van der Waals surface area contributed by atoms with Crippen molar-refractivity contribution in [3.63, 3.8) is 0 Å². The topological polar surface area (TPSA) is 66.0 Å². The van der Waals surface area contributed by atoms with Gasteiger partial charge >= 0.3 is 0 Å². The molecule has 5 nitrogen and oxygen atoms in total. The number of aromatic nitrogens is 3. The highest BCUT2D eigenvalue weighted by Crippen LogP contribution is 2.36. The zero-order valence-corrected chi connectivity index (χ0v) is 20.2. The molecular formula is C27H21ClN4OS. The van der Waals surface area contributed by atoms with Crippen LogP contribution in [-0.2, 0) is 0 Å². The Hall–Kier alpha value is -3.74. The highest BCUT2D eigenvalue weighted by Gasteiger charge is 2.17. The number of rotatable bonds is 4. The summed E-state index contributed by atoms with van der Waals surface area (Å²) in [5, 5.41) is 1.39. The Balaban J connectivity index is 1.82. The number of methoxy groups -OCH3 is 1. The van der Waals surface area contributed by atoms with Crippen LogP contribution in [0.5, 0.6) is 5.75 Å². The van der Waals surface area contributed by atoms with Crippen LogP contribution in [0.15, 0.2) is 78.9 Å². The van der Waals surface area contributed by atoms with Crippen LogP contribution in [0, 0.1) is 11.7 Å². The molecule has 5 aromatic rings. The molecule has 0 fully saturated rings. The molecule has 0 saturated carbocycles. The summed E-state index contributed by atoms with van der Waals surface area (Å²) in [5.74, 6) is 1.26. The third kappa shape index (κ3) is 4.02. The van der Waals surface area contributed by atoms with Crippen LogP contribution in [0.3, 0.4) is 0 Å². The summed E-state index contributed by atoms with van der Waals surface area (Å²) >= 11 is 11.8. The Morgan fingerprint density at radius 2 is 1.53 bits per heavy atom. The van der Waals surface area contributed by atoms with Gasteiger partial charge in [0, 0.05) is 16.3 Å². The van der Waals surface area contributed by atoms with Crippen molar-refractivity contribution in [1.82, 2.24) is 14.5 Å². The van der Waals surface area contributed by atoms with Gasteiger partial charge in [-0.25, -0.2) is 4.98 Å². The largest absolute Gasteiger partial charge is 0.497 e. The Labute approximate surface area is 207 Å². The predicted molar refractivity (Wildman–Crippen MR) is 141 cm³/mol. The second-order valence-electron chi connectivity index (χ2n) is 7.94. The number of ether oxygens (including phenoxy) is 1. The maximum absolute atomic E-state index is 6.76.